The van der Waals surface area contributed by atoms with Crippen LogP contribution in [0.25, 0.3) is 0 Å². The molecule has 0 atom stereocenters. The molecule has 2 aromatic rings. The molecule has 0 unspecified atom stereocenters. The lowest BCUT2D eigenvalue weighted by Crippen LogP contribution is -2.31. The average molecular weight is 524 g/mol. The molecular weight excluding hydrogens is 482 g/mol. The number of carboxylic acid groups (broad SMARTS) is 1. The number of aliphatic imine (C=N–C) groups is 1. The van der Waals surface area contributed by atoms with Crippen LogP contribution in [0.2, 0.25) is 0 Å². The largest absolute Gasteiger partial charge is 0.493 e. The zero-order chi connectivity index (χ0) is 27.2. The van der Waals surface area contributed by atoms with Gasteiger partial charge in [-0.15, -0.1) is 0 Å². The number of hydrogen-bond acceptors (Lipinski definition) is 7. The molecule has 9 nitrogen and oxygen atoms in total. The third-order valence-corrected chi connectivity index (χ3v) is 7.13. The minimum Gasteiger partial charge on any atom is -0.493 e. The van der Waals surface area contributed by atoms with Crippen molar-refractivity contribution in [2.45, 2.75) is 27.5 Å². The minimum absolute atomic E-state index is 0.177. The maximum atomic E-state index is 12.2. The van der Waals surface area contributed by atoms with E-state index in [1.807, 2.05) is 42.5 Å². The third kappa shape index (κ3) is 6.28. The number of carbonyl (C=O) groups is 1. The van der Waals surface area contributed by atoms with E-state index in [0.29, 0.717) is 47.5 Å². The number of aromatic carboxylic acids is 1. The Hall–Kier alpha value is -2.85. The van der Waals surface area contributed by atoms with Crippen LogP contribution in [0, 0.1) is 6.92 Å². The van der Waals surface area contributed by atoms with Crippen LogP contribution in [0.15, 0.2) is 17.1 Å². The quantitative estimate of drug-likeness (QED) is 0.448. The van der Waals surface area contributed by atoms with Crippen molar-refractivity contribution in [1.29, 1.82) is 0 Å². The number of aromatic nitrogens is 1. The smallest absolute Gasteiger partial charge is 0.339 e. The normalized spacial score (nSPS) is 13.3. The number of anilines is 1. The monoisotopic (exact) mass is 523 g/mol. The van der Waals surface area contributed by atoms with Gasteiger partial charge in [-0.25, -0.2) is 19.8 Å². The molecule has 1 aromatic heterocycles. The molecule has 0 aliphatic carbocycles. The van der Waals surface area contributed by atoms with Gasteiger partial charge in [-0.3, -0.25) is 0 Å². The Morgan fingerprint density at radius 3 is 2.14 bits per heavy atom. The molecule has 0 radical (unpaired) electrons. The summed E-state index contributed by atoms with van der Waals surface area (Å²) in [6.07, 6.45) is 6.73. The van der Waals surface area contributed by atoms with E-state index in [2.05, 4.69) is 18.8 Å². The standard InChI is InChI=1S/C24H35N3O6S.C2H6/c1-15-20(24(28)29)21-23(27(15)14-33-9-10-34(6,7)8)26(2)13-17(25-21)16-11-18(30-3)22(32-5)19(12-16)31-4;1-2/h11-12H,9-10,13-14H2,1-8H3,(H,28,29);1-2H3. The molecule has 0 spiro atoms. The Morgan fingerprint density at radius 1 is 1.08 bits per heavy atom. The summed E-state index contributed by atoms with van der Waals surface area (Å²) < 4.78 is 24.2. The van der Waals surface area contributed by atoms with Gasteiger partial charge >= 0.3 is 5.97 Å². The van der Waals surface area contributed by atoms with Crippen molar-refractivity contribution < 1.29 is 28.8 Å². The maximum Gasteiger partial charge on any atom is 0.339 e. The topological polar surface area (TPSA) is 94.8 Å². The summed E-state index contributed by atoms with van der Waals surface area (Å²) in [5.41, 5.74) is 2.68. The number of fused-ring (bicyclic) bond motifs is 1. The van der Waals surface area contributed by atoms with E-state index in [9.17, 15) is 9.90 Å². The van der Waals surface area contributed by atoms with Gasteiger partial charge in [0.25, 0.3) is 0 Å². The summed E-state index contributed by atoms with van der Waals surface area (Å²) in [7, 11) is 5.92. The molecule has 0 saturated carbocycles. The second kappa shape index (κ2) is 12.4. The number of benzene rings is 1. The molecule has 1 aromatic carbocycles. The summed E-state index contributed by atoms with van der Waals surface area (Å²) in [4.78, 5) is 19.0. The summed E-state index contributed by atoms with van der Waals surface area (Å²) >= 11 is 0. The summed E-state index contributed by atoms with van der Waals surface area (Å²) in [5, 5.41) is 9.99. The summed E-state index contributed by atoms with van der Waals surface area (Å²) in [6.45, 7) is 7.16. The van der Waals surface area contributed by atoms with Gasteiger partial charge < -0.3 is 33.5 Å². The molecule has 36 heavy (non-hydrogen) atoms. The number of ether oxygens (including phenoxy) is 4. The van der Waals surface area contributed by atoms with Crippen LogP contribution in [0.1, 0.15) is 35.5 Å². The van der Waals surface area contributed by atoms with Gasteiger partial charge in [0.1, 0.15) is 23.8 Å². The highest BCUT2D eigenvalue weighted by Crippen LogP contribution is 2.43. The van der Waals surface area contributed by atoms with Gasteiger partial charge in [-0.2, -0.15) is 0 Å². The first kappa shape index (κ1) is 29.4. The van der Waals surface area contributed by atoms with Crippen molar-refractivity contribution in [3.63, 3.8) is 0 Å². The highest BCUT2D eigenvalue weighted by molar-refractivity contribution is 8.32. The van der Waals surface area contributed by atoms with E-state index in [4.69, 9.17) is 23.9 Å². The fourth-order valence-corrected chi connectivity index (χ4v) is 4.57. The number of hydrogen-bond donors (Lipinski definition) is 1. The van der Waals surface area contributed by atoms with E-state index in [1.54, 1.807) is 28.3 Å². The van der Waals surface area contributed by atoms with Gasteiger partial charge in [-0.05, 0) is 37.8 Å². The number of rotatable bonds is 10. The molecule has 2 heterocycles. The predicted octanol–water partition coefficient (Wildman–Crippen LogP) is 4.79. The van der Waals surface area contributed by atoms with Gasteiger partial charge in [0, 0.05) is 24.1 Å². The van der Waals surface area contributed by atoms with Crippen molar-refractivity contribution >= 4 is 33.2 Å². The second-order valence-electron chi connectivity index (χ2n) is 9.03. The Balaban J connectivity index is 0.00000222. The Labute approximate surface area is 216 Å². The SMILES string of the molecule is CC.COc1cc(C2=Nc3c(C(=O)O)c(C)n(COCCS(C)(C)C)c3N(C)C2)cc(OC)c1OC. The highest BCUT2D eigenvalue weighted by atomic mass is 32.3. The zero-order valence-electron chi connectivity index (χ0n) is 23.2. The van der Waals surface area contributed by atoms with E-state index in [-0.39, 0.29) is 12.3 Å². The number of carboxylic acids is 1. The van der Waals surface area contributed by atoms with E-state index in [0.717, 1.165) is 17.1 Å². The lowest BCUT2D eigenvalue weighted by molar-refractivity contribution is 0.0693. The number of methoxy groups -OCH3 is 3. The predicted molar refractivity (Wildman–Crippen MR) is 149 cm³/mol. The summed E-state index contributed by atoms with van der Waals surface area (Å²) in [5.74, 6) is 2.20. The Kier molecular flexibility index (Phi) is 10.1. The van der Waals surface area contributed by atoms with Crippen molar-refractivity contribution in [1.82, 2.24) is 4.57 Å². The zero-order valence-corrected chi connectivity index (χ0v) is 24.0. The van der Waals surface area contributed by atoms with E-state index in [1.165, 1.54) is 0 Å². The van der Waals surface area contributed by atoms with Crippen LogP contribution in [-0.2, 0) is 11.5 Å². The van der Waals surface area contributed by atoms with E-state index >= 15 is 0 Å². The van der Waals surface area contributed by atoms with Crippen LogP contribution in [0.5, 0.6) is 17.2 Å². The van der Waals surface area contributed by atoms with Crippen LogP contribution in [-0.4, -0.2) is 87.4 Å². The van der Waals surface area contributed by atoms with E-state index < -0.39 is 16.0 Å². The maximum absolute atomic E-state index is 12.2. The van der Waals surface area contributed by atoms with Gasteiger partial charge in [0.15, 0.2) is 11.5 Å². The van der Waals surface area contributed by atoms with Crippen LogP contribution >= 0.6 is 10.0 Å². The number of nitrogens with zero attached hydrogens (tertiary/aromatic N) is 3. The lowest BCUT2D eigenvalue weighted by atomic mass is 10.1. The molecule has 1 aliphatic heterocycles. The first-order valence-corrected chi connectivity index (χ1v) is 14.8. The highest BCUT2D eigenvalue weighted by Gasteiger charge is 2.31. The molecule has 1 aliphatic rings. The molecule has 0 saturated heterocycles. The average Bonchev–Trinajstić information content (AvgIpc) is 3.13. The van der Waals surface area contributed by atoms with Gasteiger partial charge in [0.05, 0.1) is 40.2 Å². The van der Waals surface area contributed by atoms with Crippen molar-refractivity contribution in [2.24, 2.45) is 4.99 Å². The molecule has 0 bridgehead atoms. The number of likely N-dealkylation sites (N-methyl/N-ethyl adjacent to an activating group) is 1. The van der Waals surface area contributed by atoms with Gasteiger partial charge in [-0.1, -0.05) is 13.8 Å². The summed E-state index contributed by atoms with van der Waals surface area (Å²) in [6, 6.07) is 3.64. The van der Waals surface area contributed by atoms with Crippen LogP contribution in [0.4, 0.5) is 11.5 Å². The first-order chi connectivity index (χ1) is 17.0. The molecule has 202 valence electrons. The Bertz CT molecular complexity index is 1080. The minimum atomic E-state index is -1.02. The van der Waals surface area contributed by atoms with Crippen molar-refractivity contribution in [3.05, 3.63) is 29.0 Å². The van der Waals surface area contributed by atoms with Crippen LogP contribution < -0.4 is 19.1 Å². The molecule has 0 amide bonds. The molecular formula is C26H41N3O6S. The van der Waals surface area contributed by atoms with Gasteiger partial charge in [0.2, 0.25) is 5.75 Å². The third-order valence-electron chi connectivity index (χ3n) is 5.74. The fourth-order valence-electron chi connectivity index (χ4n) is 3.95. The fraction of sp³-hybridized carbons (Fsp3) is 0.538. The van der Waals surface area contributed by atoms with Crippen molar-refractivity contribution in [2.75, 3.05) is 70.9 Å². The molecule has 1 N–H and O–H groups in total. The first-order valence-electron chi connectivity index (χ1n) is 11.8. The molecule has 3 rings (SSSR count). The second-order valence-corrected chi connectivity index (χ2v) is 13.6. The van der Waals surface area contributed by atoms with Crippen LogP contribution in [0.3, 0.4) is 0 Å². The Morgan fingerprint density at radius 2 is 1.67 bits per heavy atom. The van der Waals surface area contributed by atoms with Crippen molar-refractivity contribution in [3.8, 4) is 17.2 Å². The lowest BCUT2D eigenvalue weighted by Gasteiger charge is -2.28. The molecule has 10 heteroatoms. The molecule has 0 fully saturated rings.